The van der Waals surface area contributed by atoms with Gasteiger partial charge < -0.3 is 9.72 Å². The molecule has 0 spiro atoms. The summed E-state index contributed by atoms with van der Waals surface area (Å²) in [6, 6.07) is 9.46. The first kappa shape index (κ1) is 11.3. The molecular weight excluding hydrogens is 244 g/mol. The molecule has 2 aromatic heterocycles. The molecule has 0 atom stereocenters. The maximum absolute atomic E-state index is 12.0. The number of aromatic nitrogens is 4. The van der Waals surface area contributed by atoms with Gasteiger partial charge in [-0.05, 0) is 5.56 Å². The van der Waals surface area contributed by atoms with Crippen LogP contribution in [0.3, 0.4) is 0 Å². The van der Waals surface area contributed by atoms with Gasteiger partial charge in [0.05, 0.1) is 6.33 Å². The average Bonchev–Trinajstić information content (AvgIpc) is 2.94. The second-order valence-corrected chi connectivity index (χ2v) is 3.89. The largest absolute Gasteiger partial charge is 0.456 e. The Hall–Kier alpha value is -2.76. The number of esters is 1. The molecule has 0 amide bonds. The highest BCUT2D eigenvalue weighted by atomic mass is 16.5. The van der Waals surface area contributed by atoms with Gasteiger partial charge in [-0.3, -0.25) is 0 Å². The predicted molar refractivity (Wildman–Crippen MR) is 67.2 cm³/mol. The van der Waals surface area contributed by atoms with Crippen LogP contribution in [0.15, 0.2) is 43.0 Å². The first-order valence-electron chi connectivity index (χ1n) is 5.70. The highest BCUT2D eigenvalue weighted by Gasteiger charge is 2.15. The van der Waals surface area contributed by atoms with Crippen molar-refractivity contribution < 1.29 is 9.53 Å². The zero-order valence-electron chi connectivity index (χ0n) is 9.91. The van der Waals surface area contributed by atoms with E-state index in [0.29, 0.717) is 11.2 Å². The lowest BCUT2D eigenvalue weighted by molar-refractivity contribution is 0.0468. The third-order valence-electron chi connectivity index (χ3n) is 2.63. The first-order valence-corrected chi connectivity index (χ1v) is 5.70. The van der Waals surface area contributed by atoms with Crippen LogP contribution < -0.4 is 0 Å². The normalized spacial score (nSPS) is 10.5. The Morgan fingerprint density at radius 1 is 1.16 bits per heavy atom. The number of H-pyrrole nitrogens is 1. The van der Waals surface area contributed by atoms with Gasteiger partial charge in [-0.2, -0.15) is 0 Å². The Kier molecular flexibility index (Phi) is 2.89. The molecule has 0 fully saturated rings. The van der Waals surface area contributed by atoms with Gasteiger partial charge in [0.25, 0.3) is 0 Å². The molecule has 0 aliphatic rings. The summed E-state index contributed by atoms with van der Waals surface area (Å²) in [6.07, 6.45) is 2.76. The molecule has 0 aliphatic heterocycles. The second-order valence-electron chi connectivity index (χ2n) is 3.89. The molecular formula is C13H10N4O2. The Morgan fingerprint density at radius 3 is 2.84 bits per heavy atom. The number of nitrogens with zero attached hydrogens (tertiary/aromatic N) is 3. The fourth-order valence-electron chi connectivity index (χ4n) is 1.71. The van der Waals surface area contributed by atoms with Crippen LogP contribution in [0.4, 0.5) is 0 Å². The molecule has 6 heteroatoms. The van der Waals surface area contributed by atoms with Crippen LogP contribution in [0.2, 0.25) is 0 Å². The van der Waals surface area contributed by atoms with Crippen LogP contribution in [-0.2, 0) is 11.3 Å². The zero-order chi connectivity index (χ0) is 13.1. The van der Waals surface area contributed by atoms with Crippen molar-refractivity contribution >= 4 is 17.1 Å². The van der Waals surface area contributed by atoms with Gasteiger partial charge >= 0.3 is 5.97 Å². The number of imidazole rings is 1. The summed E-state index contributed by atoms with van der Waals surface area (Å²) in [5, 5.41) is 0. The summed E-state index contributed by atoms with van der Waals surface area (Å²) in [4.78, 5) is 26.6. The SMILES string of the molecule is O=C(OCc1ccccc1)c1ncnc2nc[nH]c12. The first-order chi connectivity index (χ1) is 9.34. The van der Waals surface area contributed by atoms with Gasteiger partial charge in [-0.25, -0.2) is 19.7 Å². The fraction of sp³-hybridized carbons (Fsp3) is 0.0769. The van der Waals surface area contributed by atoms with Crippen LogP contribution >= 0.6 is 0 Å². The van der Waals surface area contributed by atoms with Gasteiger partial charge in [0.2, 0.25) is 0 Å². The molecule has 3 aromatic rings. The van der Waals surface area contributed by atoms with Gasteiger partial charge in [-0.15, -0.1) is 0 Å². The van der Waals surface area contributed by atoms with E-state index < -0.39 is 5.97 Å². The van der Waals surface area contributed by atoms with E-state index in [0.717, 1.165) is 5.56 Å². The maximum Gasteiger partial charge on any atom is 0.359 e. The number of hydrogen-bond acceptors (Lipinski definition) is 5. The summed E-state index contributed by atoms with van der Waals surface area (Å²) in [5.41, 5.74) is 2.05. The van der Waals surface area contributed by atoms with Crippen molar-refractivity contribution in [2.24, 2.45) is 0 Å². The van der Waals surface area contributed by atoms with Crippen molar-refractivity contribution in [1.29, 1.82) is 0 Å². The molecule has 0 radical (unpaired) electrons. The highest BCUT2D eigenvalue weighted by molar-refractivity contribution is 5.98. The lowest BCUT2D eigenvalue weighted by Crippen LogP contribution is -2.08. The molecule has 0 saturated heterocycles. The molecule has 1 aromatic carbocycles. The maximum atomic E-state index is 12.0. The fourth-order valence-corrected chi connectivity index (χ4v) is 1.71. The third kappa shape index (κ3) is 2.28. The molecule has 0 bridgehead atoms. The van der Waals surface area contributed by atoms with Crippen molar-refractivity contribution in [2.45, 2.75) is 6.61 Å². The van der Waals surface area contributed by atoms with E-state index in [-0.39, 0.29) is 12.3 Å². The molecule has 0 saturated carbocycles. The Balaban J connectivity index is 1.79. The number of carbonyl (C=O) groups excluding carboxylic acids is 1. The number of rotatable bonds is 3. The lowest BCUT2D eigenvalue weighted by atomic mass is 10.2. The summed E-state index contributed by atoms with van der Waals surface area (Å²) < 4.78 is 5.21. The summed E-state index contributed by atoms with van der Waals surface area (Å²) in [5.74, 6) is -0.500. The smallest absolute Gasteiger partial charge is 0.359 e. The van der Waals surface area contributed by atoms with Gasteiger partial charge in [0.1, 0.15) is 18.5 Å². The van der Waals surface area contributed by atoms with Crippen molar-refractivity contribution in [3.8, 4) is 0 Å². The van der Waals surface area contributed by atoms with E-state index in [1.807, 2.05) is 30.3 Å². The van der Waals surface area contributed by atoms with Gasteiger partial charge in [-0.1, -0.05) is 30.3 Å². The van der Waals surface area contributed by atoms with Crippen LogP contribution in [0.1, 0.15) is 16.1 Å². The number of fused-ring (bicyclic) bond motifs is 1. The van der Waals surface area contributed by atoms with Crippen molar-refractivity contribution in [3.63, 3.8) is 0 Å². The Bertz CT molecular complexity index is 709. The Morgan fingerprint density at radius 2 is 2.00 bits per heavy atom. The average molecular weight is 254 g/mol. The molecule has 0 unspecified atom stereocenters. The van der Waals surface area contributed by atoms with Crippen LogP contribution in [0, 0.1) is 0 Å². The minimum absolute atomic E-state index is 0.193. The van der Waals surface area contributed by atoms with Gasteiger partial charge in [0, 0.05) is 0 Å². The quantitative estimate of drug-likeness (QED) is 0.719. The van der Waals surface area contributed by atoms with Crippen molar-refractivity contribution in [1.82, 2.24) is 19.9 Å². The number of carbonyl (C=O) groups is 1. The minimum Gasteiger partial charge on any atom is -0.456 e. The third-order valence-corrected chi connectivity index (χ3v) is 2.63. The van der Waals surface area contributed by atoms with Crippen LogP contribution in [0.5, 0.6) is 0 Å². The molecule has 19 heavy (non-hydrogen) atoms. The van der Waals surface area contributed by atoms with Crippen LogP contribution in [-0.4, -0.2) is 25.9 Å². The van der Waals surface area contributed by atoms with E-state index in [9.17, 15) is 4.79 Å². The Labute approximate surface area is 108 Å². The molecule has 0 aliphatic carbocycles. The van der Waals surface area contributed by atoms with Crippen molar-refractivity contribution in [2.75, 3.05) is 0 Å². The van der Waals surface area contributed by atoms with E-state index in [2.05, 4.69) is 19.9 Å². The standard InChI is InChI=1S/C13H10N4O2/c18-13(19-6-9-4-2-1-3-5-9)11-10-12(16-7-14-10)17-8-15-11/h1-5,7-8H,6H2,(H,14,15,16,17). The molecule has 1 N–H and O–H groups in total. The topological polar surface area (TPSA) is 80.8 Å². The zero-order valence-corrected chi connectivity index (χ0v) is 9.91. The van der Waals surface area contributed by atoms with Crippen molar-refractivity contribution in [3.05, 3.63) is 54.2 Å². The van der Waals surface area contributed by atoms with Gasteiger partial charge in [0.15, 0.2) is 11.3 Å². The van der Waals surface area contributed by atoms with E-state index >= 15 is 0 Å². The molecule has 6 nitrogen and oxygen atoms in total. The number of ether oxygens (including phenoxy) is 1. The summed E-state index contributed by atoms with van der Waals surface area (Å²) in [7, 11) is 0. The van der Waals surface area contributed by atoms with E-state index in [4.69, 9.17) is 4.74 Å². The lowest BCUT2D eigenvalue weighted by Gasteiger charge is -2.04. The molecule has 2 heterocycles. The molecule has 3 rings (SSSR count). The summed E-state index contributed by atoms with van der Waals surface area (Å²) >= 11 is 0. The second kappa shape index (κ2) is 4.85. The minimum atomic E-state index is -0.500. The highest BCUT2D eigenvalue weighted by Crippen LogP contribution is 2.11. The number of benzene rings is 1. The number of aromatic amines is 1. The number of nitrogens with one attached hydrogen (secondary N) is 1. The predicted octanol–water partition coefficient (Wildman–Crippen LogP) is 1.71. The van der Waals surface area contributed by atoms with Crippen LogP contribution in [0.25, 0.3) is 11.2 Å². The van der Waals surface area contributed by atoms with E-state index in [1.165, 1.54) is 12.7 Å². The molecule has 94 valence electrons. The van der Waals surface area contributed by atoms with E-state index in [1.54, 1.807) is 0 Å². The monoisotopic (exact) mass is 254 g/mol. The summed E-state index contributed by atoms with van der Waals surface area (Å²) in [6.45, 7) is 0.208. The number of hydrogen-bond donors (Lipinski definition) is 1.